The van der Waals surface area contributed by atoms with E-state index in [0.717, 1.165) is 25.5 Å². The Morgan fingerprint density at radius 2 is 2.16 bits per heavy atom. The molecule has 1 saturated heterocycles. The Morgan fingerprint density at radius 3 is 2.68 bits per heavy atom. The fraction of sp³-hybridized carbons (Fsp3) is 0.917. The molecule has 6 nitrogen and oxygen atoms in total. The van der Waals surface area contributed by atoms with Gasteiger partial charge in [0.1, 0.15) is 0 Å². The van der Waals surface area contributed by atoms with Crippen LogP contribution >= 0.6 is 0 Å². The second kappa shape index (κ2) is 6.67. The summed E-state index contributed by atoms with van der Waals surface area (Å²) < 4.78 is 25.0. The Morgan fingerprint density at radius 1 is 1.53 bits per heavy atom. The summed E-state index contributed by atoms with van der Waals surface area (Å²) in [5.74, 6) is 0.0603. The van der Waals surface area contributed by atoms with Gasteiger partial charge in [0.15, 0.2) is 0 Å². The molecule has 3 atom stereocenters. The normalized spacial score (nSPS) is 24.0. The molecule has 0 saturated carbocycles. The third kappa shape index (κ3) is 5.08. The van der Waals surface area contributed by atoms with E-state index in [2.05, 4.69) is 4.72 Å². The number of rotatable bonds is 5. The van der Waals surface area contributed by atoms with Crippen molar-refractivity contribution in [3.63, 3.8) is 0 Å². The quantitative estimate of drug-likeness (QED) is 0.740. The lowest BCUT2D eigenvalue weighted by Gasteiger charge is -2.35. The molecule has 0 bridgehead atoms. The van der Waals surface area contributed by atoms with Gasteiger partial charge in [-0.1, -0.05) is 20.3 Å². The van der Waals surface area contributed by atoms with E-state index in [-0.39, 0.29) is 17.9 Å². The predicted octanol–water partition coefficient (Wildman–Crippen LogP) is -0.1000. The zero-order valence-corrected chi connectivity index (χ0v) is 12.7. The first kappa shape index (κ1) is 16.4. The number of sulfonamides is 1. The van der Waals surface area contributed by atoms with Gasteiger partial charge in [-0.25, -0.2) is 13.1 Å². The molecule has 7 heteroatoms. The Balaban J connectivity index is 2.62. The van der Waals surface area contributed by atoms with Crippen LogP contribution in [0.4, 0.5) is 0 Å². The van der Waals surface area contributed by atoms with Crippen LogP contribution in [0.25, 0.3) is 0 Å². The Labute approximate surface area is 115 Å². The molecule has 0 aromatic heterocycles. The van der Waals surface area contributed by atoms with Crippen molar-refractivity contribution in [3.8, 4) is 0 Å². The van der Waals surface area contributed by atoms with Crippen LogP contribution in [0.5, 0.6) is 0 Å². The second-order valence-electron chi connectivity index (χ2n) is 5.42. The van der Waals surface area contributed by atoms with Gasteiger partial charge in [0.25, 0.3) is 0 Å². The van der Waals surface area contributed by atoms with Gasteiger partial charge in [0, 0.05) is 19.1 Å². The lowest BCUT2D eigenvalue weighted by Crippen LogP contribution is -2.54. The Kier molecular flexibility index (Phi) is 5.76. The number of amides is 1. The van der Waals surface area contributed by atoms with E-state index in [0.29, 0.717) is 13.1 Å². The minimum atomic E-state index is -3.23. The maximum atomic E-state index is 12.2. The Hall–Kier alpha value is -0.660. The van der Waals surface area contributed by atoms with Gasteiger partial charge in [-0.05, 0) is 18.8 Å². The van der Waals surface area contributed by atoms with Gasteiger partial charge in [-0.15, -0.1) is 0 Å². The Bertz CT molecular complexity index is 410. The largest absolute Gasteiger partial charge is 0.340 e. The number of nitrogens with zero attached hydrogens (tertiary/aromatic N) is 1. The zero-order valence-electron chi connectivity index (χ0n) is 11.9. The molecule has 1 aliphatic rings. The summed E-state index contributed by atoms with van der Waals surface area (Å²) >= 11 is 0. The molecule has 1 aliphatic heterocycles. The van der Waals surface area contributed by atoms with Crippen LogP contribution < -0.4 is 10.5 Å². The molecule has 1 rings (SSSR count). The highest BCUT2D eigenvalue weighted by molar-refractivity contribution is 7.88. The molecule has 0 aromatic carbocycles. The molecule has 1 fully saturated rings. The molecular weight excluding hydrogens is 266 g/mol. The highest BCUT2D eigenvalue weighted by Crippen LogP contribution is 2.15. The van der Waals surface area contributed by atoms with Gasteiger partial charge in [0.05, 0.1) is 12.3 Å². The van der Waals surface area contributed by atoms with Crippen molar-refractivity contribution >= 4 is 15.9 Å². The summed E-state index contributed by atoms with van der Waals surface area (Å²) in [7, 11) is -3.23. The number of nitrogens with two attached hydrogens (primary N) is 1. The molecule has 3 N–H and O–H groups in total. The van der Waals surface area contributed by atoms with Crippen molar-refractivity contribution in [1.82, 2.24) is 9.62 Å². The first-order chi connectivity index (χ1) is 8.74. The van der Waals surface area contributed by atoms with E-state index in [4.69, 9.17) is 5.73 Å². The maximum absolute atomic E-state index is 12.2. The van der Waals surface area contributed by atoms with Gasteiger partial charge >= 0.3 is 0 Å². The SMILES string of the molecule is CCC(C)C(N)C(=O)N1CCCC(NS(C)(=O)=O)C1. The average Bonchev–Trinajstić information content (AvgIpc) is 2.34. The van der Waals surface area contributed by atoms with Gasteiger partial charge in [-0.3, -0.25) is 4.79 Å². The molecule has 0 aromatic rings. The van der Waals surface area contributed by atoms with E-state index in [1.807, 2.05) is 13.8 Å². The van der Waals surface area contributed by atoms with Crippen LogP contribution in [0.1, 0.15) is 33.1 Å². The van der Waals surface area contributed by atoms with Crippen molar-refractivity contribution in [2.45, 2.75) is 45.2 Å². The lowest BCUT2D eigenvalue weighted by molar-refractivity contribution is -0.135. The summed E-state index contributed by atoms with van der Waals surface area (Å²) in [5, 5.41) is 0. The topological polar surface area (TPSA) is 92.5 Å². The van der Waals surface area contributed by atoms with Crippen molar-refractivity contribution in [1.29, 1.82) is 0 Å². The van der Waals surface area contributed by atoms with Crippen LogP contribution in [-0.4, -0.2) is 50.7 Å². The van der Waals surface area contributed by atoms with Crippen molar-refractivity contribution in [3.05, 3.63) is 0 Å². The van der Waals surface area contributed by atoms with Gasteiger partial charge in [0.2, 0.25) is 15.9 Å². The third-order valence-corrected chi connectivity index (χ3v) is 4.42. The highest BCUT2D eigenvalue weighted by atomic mass is 32.2. The zero-order chi connectivity index (χ0) is 14.6. The van der Waals surface area contributed by atoms with E-state index in [1.54, 1.807) is 4.90 Å². The van der Waals surface area contributed by atoms with Crippen LogP contribution in [0.2, 0.25) is 0 Å². The second-order valence-corrected chi connectivity index (χ2v) is 7.20. The standard InChI is InChI=1S/C12H25N3O3S/c1-4-9(2)11(13)12(16)15-7-5-6-10(8-15)14-19(3,17)18/h9-11,14H,4-8,13H2,1-3H3. The van der Waals surface area contributed by atoms with Crippen LogP contribution in [0, 0.1) is 5.92 Å². The van der Waals surface area contributed by atoms with Crippen molar-refractivity contribution in [2.24, 2.45) is 11.7 Å². The van der Waals surface area contributed by atoms with Crippen molar-refractivity contribution < 1.29 is 13.2 Å². The number of hydrogen-bond donors (Lipinski definition) is 2. The summed E-state index contributed by atoms with van der Waals surface area (Å²) in [5.41, 5.74) is 5.94. The van der Waals surface area contributed by atoms with E-state index in [1.165, 1.54) is 0 Å². The summed E-state index contributed by atoms with van der Waals surface area (Å²) in [6.07, 6.45) is 3.55. The van der Waals surface area contributed by atoms with Gasteiger partial charge < -0.3 is 10.6 Å². The molecule has 19 heavy (non-hydrogen) atoms. The van der Waals surface area contributed by atoms with Crippen LogP contribution in [0.3, 0.4) is 0 Å². The number of likely N-dealkylation sites (tertiary alicyclic amines) is 1. The summed E-state index contributed by atoms with van der Waals surface area (Å²) in [6, 6.07) is -0.696. The smallest absolute Gasteiger partial charge is 0.239 e. The molecule has 1 amide bonds. The average molecular weight is 291 g/mol. The van der Waals surface area contributed by atoms with Crippen LogP contribution in [-0.2, 0) is 14.8 Å². The number of piperidine rings is 1. The minimum absolute atomic E-state index is 0.0747. The molecule has 0 spiro atoms. The van der Waals surface area contributed by atoms with Gasteiger partial charge in [-0.2, -0.15) is 0 Å². The molecule has 3 unspecified atom stereocenters. The first-order valence-corrected chi connectivity index (χ1v) is 8.65. The number of carbonyl (C=O) groups is 1. The molecule has 0 radical (unpaired) electrons. The minimum Gasteiger partial charge on any atom is -0.340 e. The fourth-order valence-electron chi connectivity index (χ4n) is 2.28. The number of hydrogen-bond acceptors (Lipinski definition) is 4. The molecular formula is C12H25N3O3S. The molecule has 1 heterocycles. The first-order valence-electron chi connectivity index (χ1n) is 6.76. The molecule has 0 aliphatic carbocycles. The summed E-state index contributed by atoms with van der Waals surface area (Å²) in [6.45, 7) is 5.03. The highest BCUT2D eigenvalue weighted by Gasteiger charge is 2.30. The van der Waals surface area contributed by atoms with E-state index < -0.39 is 16.1 Å². The summed E-state index contributed by atoms with van der Waals surface area (Å²) in [4.78, 5) is 13.9. The monoisotopic (exact) mass is 291 g/mol. The maximum Gasteiger partial charge on any atom is 0.239 e. The van der Waals surface area contributed by atoms with Crippen LogP contribution in [0.15, 0.2) is 0 Å². The molecule has 112 valence electrons. The number of carbonyl (C=O) groups excluding carboxylic acids is 1. The third-order valence-electron chi connectivity index (χ3n) is 3.66. The fourth-order valence-corrected chi connectivity index (χ4v) is 3.08. The predicted molar refractivity (Wildman–Crippen MR) is 75.0 cm³/mol. The lowest BCUT2D eigenvalue weighted by atomic mass is 9.97. The van der Waals surface area contributed by atoms with E-state index >= 15 is 0 Å². The van der Waals surface area contributed by atoms with E-state index in [9.17, 15) is 13.2 Å². The number of nitrogens with one attached hydrogen (secondary N) is 1. The van der Waals surface area contributed by atoms with Crippen molar-refractivity contribution in [2.75, 3.05) is 19.3 Å².